The Labute approximate surface area is 192 Å². The molecule has 0 radical (unpaired) electrons. The number of benzene rings is 2. The number of carboxylic acids is 1. The molecule has 172 valence electrons. The number of hydrogen-bond acceptors (Lipinski definition) is 4. The van der Waals surface area contributed by atoms with Gasteiger partial charge in [-0.15, -0.1) is 0 Å². The van der Waals surface area contributed by atoms with Crippen LogP contribution in [0.2, 0.25) is 0 Å². The number of aliphatic carboxylic acids is 1. The number of fused-ring (bicyclic) bond motifs is 4. The van der Waals surface area contributed by atoms with E-state index in [1.54, 1.807) is 6.92 Å². The fourth-order valence-electron chi connectivity index (χ4n) is 5.73. The molecule has 0 bridgehead atoms. The Hall–Kier alpha value is -3.35. The van der Waals surface area contributed by atoms with Crippen molar-refractivity contribution in [2.24, 2.45) is 11.3 Å². The second-order valence-electron chi connectivity index (χ2n) is 9.44. The lowest BCUT2D eigenvalue weighted by atomic mass is 9.98. The van der Waals surface area contributed by atoms with Crippen molar-refractivity contribution in [3.05, 3.63) is 59.7 Å². The van der Waals surface area contributed by atoms with Gasteiger partial charge in [0, 0.05) is 12.0 Å². The molecule has 4 unspecified atom stereocenters. The van der Waals surface area contributed by atoms with Crippen LogP contribution >= 0.6 is 0 Å². The van der Waals surface area contributed by atoms with Gasteiger partial charge < -0.3 is 20.5 Å². The standard InChI is InChI=1S/C26H28N2O5/c1-2-22(23(29)30)28-24(31)26-12-15(26)11-16(13-26)27-25(32)33-14-21-19-9-5-3-7-17(19)18-8-4-6-10-20(18)21/h3-10,15-16,21-22H,2,11-14H2,1H3,(H,27,32)(H,28,31)(H,29,30). The molecule has 2 aromatic rings. The van der Waals surface area contributed by atoms with Gasteiger partial charge in [-0.2, -0.15) is 0 Å². The predicted octanol–water partition coefficient (Wildman–Crippen LogP) is 3.67. The minimum Gasteiger partial charge on any atom is -0.480 e. The Morgan fingerprint density at radius 3 is 2.30 bits per heavy atom. The summed E-state index contributed by atoms with van der Waals surface area (Å²) in [4.78, 5) is 36.6. The average molecular weight is 449 g/mol. The number of carboxylic acid groups (broad SMARTS) is 1. The highest BCUT2D eigenvalue weighted by Gasteiger charge is 2.65. The van der Waals surface area contributed by atoms with Crippen molar-refractivity contribution >= 4 is 18.0 Å². The molecule has 5 rings (SSSR count). The van der Waals surface area contributed by atoms with Gasteiger partial charge >= 0.3 is 12.1 Å². The Bertz CT molecular complexity index is 1070. The first-order valence-electron chi connectivity index (χ1n) is 11.6. The third kappa shape index (κ3) is 3.75. The molecule has 0 heterocycles. The van der Waals surface area contributed by atoms with Crippen LogP contribution in [0.4, 0.5) is 4.79 Å². The molecule has 2 aromatic carbocycles. The smallest absolute Gasteiger partial charge is 0.407 e. The number of carbonyl (C=O) groups excluding carboxylic acids is 2. The average Bonchev–Trinajstić information content (AvgIpc) is 3.24. The van der Waals surface area contributed by atoms with Crippen molar-refractivity contribution in [2.45, 2.75) is 50.6 Å². The maximum Gasteiger partial charge on any atom is 0.407 e. The van der Waals surface area contributed by atoms with Crippen molar-refractivity contribution < 1.29 is 24.2 Å². The quantitative estimate of drug-likeness (QED) is 0.599. The normalized spacial score (nSPS) is 25.4. The van der Waals surface area contributed by atoms with E-state index in [9.17, 15) is 19.5 Å². The summed E-state index contributed by atoms with van der Waals surface area (Å²) < 4.78 is 5.63. The van der Waals surface area contributed by atoms with Crippen molar-refractivity contribution in [1.29, 1.82) is 0 Å². The van der Waals surface area contributed by atoms with Gasteiger partial charge in [-0.05, 0) is 53.9 Å². The van der Waals surface area contributed by atoms with Gasteiger partial charge in [-0.25, -0.2) is 9.59 Å². The molecule has 7 heteroatoms. The molecule has 0 saturated heterocycles. The van der Waals surface area contributed by atoms with E-state index >= 15 is 0 Å². The maximum absolute atomic E-state index is 12.7. The highest BCUT2D eigenvalue weighted by atomic mass is 16.5. The van der Waals surface area contributed by atoms with Crippen molar-refractivity contribution in [1.82, 2.24) is 10.6 Å². The third-order valence-corrected chi connectivity index (χ3v) is 7.54. The molecule has 0 aliphatic heterocycles. The first kappa shape index (κ1) is 21.5. The molecule has 3 N–H and O–H groups in total. The maximum atomic E-state index is 12.7. The Balaban J connectivity index is 1.17. The van der Waals surface area contributed by atoms with Crippen LogP contribution in [0.5, 0.6) is 0 Å². The third-order valence-electron chi connectivity index (χ3n) is 7.54. The van der Waals surface area contributed by atoms with Gasteiger partial charge in [-0.3, -0.25) is 4.79 Å². The number of carbonyl (C=O) groups is 3. The zero-order chi connectivity index (χ0) is 23.2. The summed E-state index contributed by atoms with van der Waals surface area (Å²) in [5, 5.41) is 14.8. The summed E-state index contributed by atoms with van der Waals surface area (Å²) in [5.41, 5.74) is 4.13. The second-order valence-corrected chi connectivity index (χ2v) is 9.44. The first-order chi connectivity index (χ1) is 15.9. The molecule has 3 aliphatic carbocycles. The van der Waals surface area contributed by atoms with Gasteiger partial charge in [-0.1, -0.05) is 55.5 Å². The van der Waals surface area contributed by atoms with Crippen LogP contribution in [-0.4, -0.2) is 41.8 Å². The molecule has 0 aromatic heterocycles. The molecule has 0 spiro atoms. The number of amides is 2. The Kier molecular flexibility index (Phi) is 5.35. The van der Waals surface area contributed by atoms with E-state index < -0.39 is 23.5 Å². The van der Waals surface area contributed by atoms with Crippen LogP contribution < -0.4 is 10.6 Å². The number of alkyl carbamates (subject to hydrolysis) is 1. The first-order valence-corrected chi connectivity index (χ1v) is 11.6. The lowest BCUT2D eigenvalue weighted by Gasteiger charge is -2.20. The number of ether oxygens (including phenoxy) is 1. The second kappa shape index (κ2) is 8.21. The highest BCUT2D eigenvalue weighted by molar-refractivity contribution is 5.90. The van der Waals surface area contributed by atoms with Crippen LogP contribution in [0.1, 0.15) is 49.7 Å². The predicted molar refractivity (Wildman–Crippen MR) is 122 cm³/mol. The van der Waals surface area contributed by atoms with Crippen LogP contribution in [-0.2, 0) is 14.3 Å². The SMILES string of the molecule is CCC(NC(=O)C12CC(NC(=O)OCC3c4ccccc4-c4ccccc43)CC1C2)C(=O)O. The van der Waals surface area contributed by atoms with E-state index in [-0.39, 0.29) is 30.4 Å². The number of nitrogens with one attached hydrogen (secondary N) is 2. The van der Waals surface area contributed by atoms with Gasteiger partial charge in [0.15, 0.2) is 0 Å². The minimum atomic E-state index is -1.02. The summed E-state index contributed by atoms with van der Waals surface area (Å²) in [6.45, 7) is 1.98. The van der Waals surface area contributed by atoms with E-state index in [4.69, 9.17) is 4.74 Å². The molecular weight excluding hydrogens is 420 g/mol. The lowest BCUT2D eigenvalue weighted by Crippen LogP contribution is -2.45. The minimum absolute atomic E-state index is 0.000697. The van der Waals surface area contributed by atoms with E-state index in [1.807, 2.05) is 24.3 Å². The molecule has 3 aliphatic rings. The van der Waals surface area contributed by atoms with Gasteiger partial charge in [0.25, 0.3) is 0 Å². The van der Waals surface area contributed by atoms with Crippen LogP contribution in [0.3, 0.4) is 0 Å². The lowest BCUT2D eigenvalue weighted by molar-refractivity contribution is -0.142. The molecule has 2 amide bonds. The van der Waals surface area contributed by atoms with E-state index in [0.717, 1.165) is 17.5 Å². The van der Waals surface area contributed by atoms with Crippen molar-refractivity contribution in [3.63, 3.8) is 0 Å². The van der Waals surface area contributed by atoms with Crippen molar-refractivity contribution in [3.8, 4) is 11.1 Å². The van der Waals surface area contributed by atoms with Gasteiger partial charge in [0.1, 0.15) is 12.6 Å². The molecular formula is C26H28N2O5. The highest BCUT2D eigenvalue weighted by Crippen LogP contribution is 2.63. The largest absolute Gasteiger partial charge is 0.480 e. The Morgan fingerprint density at radius 1 is 1.06 bits per heavy atom. The van der Waals surface area contributed by atoms with Crippen LogP contribution in [0.15, 0.2) is 48.5 Å². The zero-order valence-corrected chi connectivity index (χ0v) is 18.5. The summed E-state index contributed by atoms with van der Waals surface area (Å²) in [6, 6.07) is 15.4. The Morgan fingerprint density at radius 2 is 1.70 bits per heavy atom. The fourth-order valence-corrected chi connectivity index (χ4v) is 5.73. The van der Waals surface area contributed by atoms with E-state index in [0.29, 0.717) is 19.3 Å². The molecule has 33 heavy (non-hydrogen) atoms. The molecule has 7 nitrogen and oxygen atoms in total. The summed E-state index contributed by atoms with van der Waals surface area (Å²) in [7, 11) is 0. The monoisotopic (exact) mass is 448 g/mol. The summed E-state index contributed by atoms with van der Waals surface area (Å²) >= 11 is 0. The van der Waals surface area contributed by atoms with E-state index in [1.165, 1.54) is 11.1 Å². The van der Waals surface area contributed by atoms with Gasteiger partial charge in [0.05, 0.1) is 5.41 Å². The number of rotatable bonds is 7. The zero-order valence-electron chi connectivity index (χ0n) is 18.5. The molecule has 2 fully saturated rings. The van der Waals surface area contributed by atoms with Crippen molar-refractivity contribution in [2.75, 3.05) is 6.61 Å². The fraction of sp³-hybridized carbons (Fsp3) is 0.423. The topological polar surface area (TPSA) is 105 Å². The summed E-state index contributed by atoms with van der Waals surface area (Å²) in [6.07, 6.45) is 1.84. The molecule has 2 saturated carbocycles. The van der Waals surface area contributed by atoms with Crippen LogP contribution in [0.25, 0.3) is 11.1 Å². The van der Waals surface area contributed by atoms with Gasteiger partial charge in [0.2, 0.25) is 5.91 Å². The molecule has 4 atom stereocenters. The summed E-state index contributed by atoms with van der Waals surface area (Å²) in [5.74, 6) is -1.05. The van der Waals surface area contributed by atoms with Crippen LogP contribution in [0, 0.1) is 11.3 Å². The van der Waals surface area contributed by atoms with E-state index in [2.05, 4.69) is 34.9 Å². The number of hydrogen-bond donors (Lipinski definition) is 3.